The number of carbonyl (C=O) groups is 1. The van der Waals surface area contributed by atoms with Crippen LogP contribution in [0.4, 0.5) is 10.8 Å². The van der Waals surface area contributed by atoms with Crippen molar-refractivity contribution < 1.29 is 14.6 Å². The van der Waals surface area contributed by atoms with Gasteiger partial charge in [-0.2, -0.15) is 0 Å². The Morgan fingerprint density at radius 2 is 2.00 bits per heavy atom. The van der Waals surface area contributed by atoms with E-state index in [1.807, 2.05) is 62.4 Å². The molecule has 0 fully saturated rings. The summed E-state index contributed by atoms with van der Waals surface area (Å²) >= 11 is 1.32. The molecule has 2 aromatic carbocycles. The smallest absolute Gasteiger partial charge is 0.187 e. The van der Waals surface area contributed by atoms with Crippen molar-refractivity contribution in [3.63, 3.8) is 0 Å². The Kier molecular flexibility index (Phi) is 5.53. The lowest BCUT2D eigenvalue weighted by Crippen LogP contribution is -2.24. The van der Waals surface area contributed by atoms with E-state index in [4.69, 9.17) is 4.74 Å². The summed E-state index contributed by atoms with van der Waals surface area (Å²) < 4.78 is 5.45. The minimum absolute atomic E-state index is 0.171. The lowest BCUT2D eigenvalue weighted by atomic mass is 10.1. The van der Waals surface area contributed by atoms with E-state index >= 15 is 0 Å². The number of benzene rings is 2. The van der Waals surface area contributed by atoms with Crippen LogP contribution in [0.2, 0.25) is 0 Å². The Morgan fingerprint density at radius 3 is 2.65 bits per heavy atom. The zero-order valence-electron chi connectivity index (χ0n) is 14.6. The highest BCUT2D eigenvalue weighted by molar-refractivity contribution is 7.16. The summed E-state index contributed by atoms with van der Waals surface area (Å²) in [4.78, 5) is 16.4. The summed E-state index contributed by atoms with van der Waals surface area (Å²) in [6.07, 6.45) is -0.171. The van der Waals surface area contributed by atoms with E-state index in [9.17, 15) is 9.90 Å². The van der Waals surface area contributed by atoms with Gasteiger partial charge in [-0.25, -0.2) is 4.98 Å². The third-order valence-corrected chi connectivity index (χ3v) is 4.68. The number of nitrogens with zero attached hydrogens (tertiary/aromatic N) is 1. The number of aromatic nitrogens is 1. The fraction of sp³-hybridized carbons (Fsp3) is 0.200. The Labute approximate surface area is 156 Å². The molecule has 1 aromatic heterocycles. The minimum Gasteiger partial charge on any atom is -0.550 e. The van der Waals surface area contributed by atoms with Crippen molar-refractivity contribution in [3.05, 3.63) is 59.0 Å². The number of thiazole rings is 1. The number of carboxylic acids is 1. The van der Waals surface area contributed by atoms with Gasteiger partial charge >= 0.3 is 0 Å². The topological polar surface area (TPSA) is 74.3 Å². The molecular weight excluding hydrogens is 348 g/mol. The second-order valence-corrected chi connectivity index (χ2v) is 6.88. The number of rotatable bonds is 7. The number of hydrogen-bond donors (Lipinski definition) is 1. The maximum Gasteiger partial charge on any atom is 0.187 e. The highest BCUT2D eigenvalue weighted by atomic mass is 32.1. The van der Waals surface area contributed by atoms with Crippen LogP contribution < -0.4 is 15.2 Å². The number of carboxylic acid groups (broad SMARTS) is 1. The van der Waals surface area contributed by atoms with E-state index < -0.39 is 5.97 Å². The average Bonchev–Trinajstić information content (AvgIpc) is 2.97. The molecule has 0 radical (unpaired) electrons. The number of aryl methyl sites for hydroxylation is 1. The highest BCUT2D eigenvalue weighted by Gasteiger charge is 2.14. The molecule has 0 unspecified atom stereocenters. The van der Waals surface area contributed by atoms with Crippen LogP contribution in [0.3, 0.4) is 0 Å². The molecule has 5 nitrogen and oxygen atoms in total. The van der Waals surface area contributed by atoms with Gasteiger partial charge in [-0.05, 0) is 55.8 Å². The third-order valence-electron chi connectivity index (χ3n) is 3.71. The molecule has 26 heavy (non-hydrogen) atoms. The van der Waals surface area contributed by atoms with Crippen molar-refractivity contribution in [2.45, 2.75) is 20.3 Å². The van der Waals surface area contributed by atoms with Crippen LogP contribution in [-0.4, -0.2) is 17.6 Å². The SMILES string of the molecule is CCOc1ccc(-c2nc(Nc3cccc(C)c3)sc2CC(=O)[O-])cc1. The molecule has 0 bridgehead atoms. The molecule has 0 saturated heterocycles. The van der Waals surface area contributed by atoms with Gasteiger partial charge < -0.3 is 20.0 Å². The van der Waals surface area contributed by atoms with Crippen molar-refractivity contribution in [1.29, 1.82) is 0 Å². The van der Waals surface area contributed by atoms with E-state index in [1.54, 1.807) is 0 Å². The highest BCUT2D eigenvalue weighted by Crippen LogP contribution is 2.34. The van der Waals surface area contributed by atoms with Crippen LogP contribution in [0.15, 0.2) is 48.5 Å². The molecule has 3 aromatic rings. The van der Waals surface area contributed by atoms with Crippen LogP contribution in [0.25, 0.3) is 11.3 Å². The number of anilines is 2. The first kappa shape index (κ1) is 17.9. The van der Waals surface area contributed by atoms with Gasteiger partial charge in [0, 0.05) is 28.5 Å². The number of aliphatic carboxylic acids is 1. The molecule has 6 heteroatoms. The second kappa shape index (κ2) is 8.01. The number of nitrogens with one attached hydrogen (secondary N) is 1. The first-order chi connectivity index (χ1) is 12.5. The molecule has 134 valence electrons. The predicted molar refractivity (Wildman–Crippen MR) is 102 cm³/mol. The van der Waals surface area contributed by atoms with E-state index in [1.165, 1.54) is 11.3 Å². The molecule has 0 saturated carbocycles. The Balaban J connectivity index is 1.92. The third kappa shape index (κ3) is 4.40. The largest absolute Gasteiger partial charge is 0.550 e. The van der Waals surface area contributed by atoms with Gasteiger partial charge in [0.05, 0.1) is 12.3 Å². The first-order valence-corrected chi connectivity index (χ1v) is 9.13. The summed E-state index contributed by atoms with van der Waals surface area (Å²) in [6, 6.07) is 15.4. The fourth-order valence-corrected chi connectivity index (χ4v) is 3.59. The summed E-state index contributed by atoms with van der Waals surface area (Å²) in [6.45, 7) is 4.53. The monoisotopic (exact) mass is 367 g/mol. The molecule has 0 atom stereocenters. The molecule has 1 heterocycles. The predicted octanol–water partition coefficient (Wildman–Crippen LogP) is 3.55. The van der Waals surface area contributed by atoms with Gasteiger partial charge in [-0.3, -0.25) is 0 Å². The molecular formula is C20H19N2O3S-. The number of ether oxygens (including phenoxy) is 1. The van der Waals surface area contributed by atoms with Crippen molar-refractivity contribution >= 4 is 28.1 Å². The molecule has 0 spiro atoms. The van der Waals surface area contributed by atoms with Gasteiger partial charge in [0.25, 0.3) is 0 Å². The van der Waals surface area contributed by atoms with E-state index in [0.29, 0.717) is 22.3 Å². The molecule has 3 rings (SSSR count). The van der Waals surface area contributed by atoms with Crippen molar-refractivity contribution in [2.75, 3.05) is 11.9 Å². The Morgan fingerprint density at radius 1 is 1.23 bits per heavy atom. The molecule has 0 amide bonds. The van der Waals surface area contributed by atoms with Gasteiger partial charge in [-0.1, -0.05) is 12.1 Å². The van der Waals surface area contributed by atoms with Crippen molar-refractivity contribution in [2.24, 2.45) is 0 Å². The van der Waals surface area contributed by atoms with Gasteiger partial charge in [0.2, 0.25) is 0 Å². The maximum absolute atomic E-state index is 11.1. The minimum atomic E-state index is -1.12. The van der Waals surface area contributed by atoms with Crippen molar-refractivity contribution in [1.82, 2.24) is 4.98 Å². The van der Waals surface area contributed by atoms with Crippen LogP contribution in [0.1, 0.15) is 17.4 Å². The number of hydrogen-bond acceptors (Lipinski definition) is 6. The quantitative estimate of drug-likeness (QED) is 0.691. The first-order valence-electron chi connectivity index (χ1n) is 8.31. The second-order valence-electron chi connectivity index (χ2n) is 5.79. The van der Waals surface area contributed by atoms with Crippen LogP contribution in [-0.2, 0) is 11.2 Å². The summed E-state index contributed by atoms with van der Waals surface area (Å²) in [5, 5.41) is 15.0. The number of carbonyl (C=O) groups excluding carboxylic acids is 1. The zero-order valence-corrected chi connectivity index (χ0v) is 15.4. The lowest BCUT2D eigenvalue weighted by molar-refractivity contribution is -0.304. The van der Waals surface area contributed by atoms with Crippen molar-refractivity contribution in [3.8, 4) is 17.0 Å². The standard InChI is InChI=1S/C20H20N2O3S/c1-3-25-16-9-7-14(8-10-16)19-17(12-18(23)24)26-20(22-19)21-15-6-4-5-13(2)11-15/h4-11H,3,12H2,1-2H3,(H,21,22)(H,23,24)/p-1. The van der Waals surface area contributed by atoms with Crippen LogP contribution in [0.5, 0.6) is 5.75 Å². The molecule has 1 N–H and O–H groups in total. The summed E-state index contributed by atoms with van der Waals surface area (Å²) in [7, 11) is 0. The Hall–Kier alpha value is -2.86. The maximum atomic E-state index is 11.1. The molecule has 0 aliphatic heterocycles. The van der Waals surface area contributed by atoms with Crippen LogP contribution >= 0.6 is 11.3 Å². The van der Waals surface area contributed by atoms with Gasteiger partial charge in [-0.15, -0.1) is 11.3 Å². The van der Waals surface area contributed by atoms with Gasteiger partial charge in [0.1, 0.15) is 5.75 Å². The van der Waals surface area contributed by atoms with Gasteiger partial charge in [0.15, 0.2) is 5.13 Å². The van der Waals surface area contributed by atoms with E-state index in [2.05, 4.69) is 10.3 Å². The molecule has 0 aliphatic carbocycles. The van der Waals surface area contributed by atoms with Crippen LogP contribution in [0, 0.1) is 6.92 Å². The fourth-order valence-electron chi connectivity index (χ4n) is 2.60. The van der Waals surface area contributed by atoms with E-state index in [0.717, 1.165) is 22.6 Å². The average molecular weight is 367 g/mol. The Bertz CT molecular complexity index is 904. The summed E-state index contributed by atoms with van der Waals surface area (Å²) in [5.74, 6) is -0.353. The normalized spacial score (nSPS) is 10.5. The summed E-state index contributed by atoms with van der Waals surface area (Å²) in [5.41, 5.74) is 3.54. The zero-order chi connectivity index (χ0) is 18.5. The molecule has 0 aliphatic rings. The lowest BCUT2D eigenvalue weighted by Gasteiger charge is -2.05. The van der Waals surface area contributed by atoms with E-state index in [-0.39, 0.29) is 6.42 Å².